The number of aryl methyl sites for hydroxylation is 1. The van der Waals surface area contributed by atoms with E-state index >= 15 is 0 Å². The Labute approximate surface area is 162 Å². The van der Waals surface area contributed by atoms with Gasteiger partial charge in [0.15, 0.2) is 5.75 Å². The van der Waals surface area contributed by atoms with Crippen LogP contribution in [0.5, 0.6) is 11.5 Å². The molecule has 0 spiro atoms. The van der Waals surface area contributed by atoms with E-state index in [0.717, 1.165) is 29.7 Å². The molecular formula is C20H19Cl2NO3. The first-order valence-electron chi connectivity index (χ1n) is 8.36. The average molecular weight is 392 g/mol. The van der Waals surface area contributed by atoms with Crippen LogP contribution in [-0.4, -0.2) is 24.7 Å². The highest BCUT2D eigenvalue weighted by molar-refractivity contribution is 6.32. The maximum atomic E-state index is 11.5. The molecule has 6 heteroatoms. The van der Waals surface area contributed by atoms with Crippen LogP contribution in [0.3, 0.4) is 0 Å². The topological polar surface area (TPSA) is 62.5 Å². The number of fused-ring (bicyclic) bond motifs is 1. The molecule has 1 N–H and O–H groups in total. The fourth-order valence-electron chi connectivity index (χ4n) is 3.48. The van der Waals surface area contributed by atoms with Crippen LogP contribution in [0.25, 0.3) is 0 Å². The smallest absolute Gasteiger partial charge is 0.155 e. The SMILES string of the molecule is COc1ccc2c(c1)CCCC2(O)c1cc(Cl)c(OCCCl)c(C#N)c1. The lowest BCUT2D eigenvalue weighted by Gasteiger charge is -2.35. The number of halogens is 2. The van der Waals surface area contributed by atoms with Gasteiger partial charge < -0.3 is 14.6 Å². The van der Waals surface area contributed by atoms with Crippen molar-refractivity contribution in [3.63, 3.8) is 0 Å². The van der Waals surface area contributed by atoms with E-state index in [1.807, 2.05) is 18.2 Å². The van der Waals surface area contributed by atoms with E-state index in [0.29, 0.717) is 28.6 Å². The van der Waals surface area contributed by atoms with Gasteiger partial charge in [-0.2, -0.15) is 5.26 Å². The van der Waals surface area contributed by atoms with Crippen LogP contribution in [0.4, 0.5) is 0 Å². The number of nitrogens with zero attached hydrogens (tertiary/aromatic N) is 1. The molecule has 0 radical (unpaired) electrons. The van der Waals surface area contributed by atoms with Gasteiger partial charge in [-0.3, -0.25) is 0 Å². The molecule has 0 aliphatic heterocycles. The second-order valence-electron chi connectivity index (χ2n) is 6.22. The van der Waals surface area contributed by atoms with Crippen LogP contribution in [0.2, 0.25) is 5.02 Å². The van der Waals surface area contributed by atoms with Crippen molar-refractivity contribution in [1.82, 2.24) is 0 Å². The number of ether oxygens (including phenoxy) is 2. The monoisotopic (exact) mass is 391 g/mol. The number of methoxy groups -OCH3 is 1. The quantitative estimate of drug-likeness (QED) is 0.766. The van der Waals surface area contributed by atoms with Gasteiger partial charge >= 0.3 is 0 Å². The second-order valence-corrected chi connectivity index (χ2v) is 7.01. The molecule has 0 saturated carbocycles. The number of rotatable bonds is 5. The summed E-state index contributed by atoms with van der Waals surface area (Å²) in [5.74, 6) is 1.35. The van der Waals surface area contributed by atoms with Crippen LogP contribution >= 0.6 is 23.2 Å². The number of nitriles is 1. The molecule has 0 heterocycles. The second kappa shape index (κ2) is 7.75. The van der Waals surface area contributed by atoms with Gasteiger partial charge in [-0.15, -0.1) is 11.6 Å². The molecule has 0 fully saturated rings. The molecule has 26 heavy (non-hydrogen) atoms. The summed E-state index contributed by atoms with van der Waals surface area (Å²) in [6.07, 6.45) is 2.24. The van der Waals surface area contributed by atoms with Crippen molar-refractivity contribution in [2.45, 2.75) is 24.9 Å². The van der Waals surface area contributed by atoms with Gasteiger partial charge in [-0.05, 0) is 60.2 Å². The Morgan fingerprint density at radius 2 is 2.12 bits per heavy atom. The maximum absolute atomic E-state index is 11.5. The fraction of sp³-hybridized carbons (Fsp3) is 0.350. The zero-order chi connectivity index (χ0) is 18.7. The summed E-state index contributed by atoms with van der Waals surface area (Å²) in [5.41, 5.74) is 1.52. The van der Waals surface area contributed by atoms with E-state index in [-0.39, 0.29) is 12.2 Å². The van der Waals surface area contributed by atoms with E-state index in [4.69, 9.17) is 32.7 Å². The van der Waals surface area contributed by atoms with Crippen molar-refractivity contribution < 1.29 is 14.6 Å². The normalized spacial score (nSPS) is 18.7. The minimum atomic E-state index is -1.21. The van der Waals surface area contributed by atoms with Crippen molar-refractivity contribution in [3.8, 4) is 17.6 Å². The van der Waals surface area contributed by atoms with E-state index in [2.05, 4.69) is 6.07 Å². The number of benzene rings is 2. The summed E-state index contributed by atoms with van der Waals surface area (Å²) in [6.45, 7) is 0.252. The molecule has 1 unspecified atom stereocenters. The molecule has 0 saturated heterocycles. The lowest BCUT2D eigenvalue weighted by molar-refractivity contribution is 0.0614. The highest BCUT2D eigenvalue weighted by atomic mass is 35.5. The third-order valence-corrected chi connectivity index (χ3v) is 5.14. The summed E-state index contributed by atoms with van der Waals surface area (Å²) in [7, 11) is 1.62. The van der Waals surface area contributed by atoms with Crippen molar-refractivity contribution in [1.29, 1.82) is 5.26 Å². The molecule has 4 nitrogen and oxygen atoms in total. The Morgan fingerprint density at radius 1 is 1.31 bits per heavy atom. The predicted molar refractivity (Wildman–Crippen MR) is 101 cm³/mol. The van der Waals surface area contributed by atoms with Crippen LogP contribution in [0.15, 0.2) is 30.3 Å². The first kappa shape index (κ1) is 18.8. The highest BCUT2D eigenvalue weighted by Crippen LogP contribution is 2.44. The van der Waals surface area contributed by atoms with Crippen molar-refractivity contribution in [2.75, 3.05) is 19.6 Å². The van der Waals surface area contributed by atoms with Gasteiger partial charge in [0.05, 0.1) is 23.6 Å². The Kier molecular flexibility index (Phi) is 5.62. The fourth-order valence-corrected chi connectivity index (χ4v) is 3.83. The minimum Gasteiger partial charge on any atom is -0.497 e. The molecule has 2 aromatic carbocycles. The highest BCUT2D eigenvalue weighted by Gasteiger charge is 2.37. The van der Waals surface area contributed by atoms with Crippen molar-refractivity contribution in [2.24, 2.45) is 0 Å². The molecule has 1 aliphatic rings. The Balaban J connectivity index is 2.10. The first-order valence-corrected chi connectivity index (χ1v) is 9.27. The van der Waals surface area contributed by atoms with Gasteiger partial charge in [0.2, 0.25) is 0 Å². The van der Waals surface area contributed by atoms with E-state index < -0.39 is 5.60 Å². The molecular weight excluding hydrogens is 373 g/mol. The standard InChI is InChI=1S/C20H19Cl2NO3/c1-25-16-4-5-17-13(10-16)3-2-6-20(17,24)15-9-14(12-23)19(18(22)11-15)26-8-7-21/h4-5,9-11,24H,2-3,6-8H2,1H3. The van der Waals surface area contributed by atoms with Gasteiger partial charge in [0.25, 0.3) is 0 Å². The number of alkyl halides is 1. The molecule has 0 bridgehead atoms. The zero-order valence-corrected chi connectivity index (χ0v) is 15.9. The Bertz CT molecular complexity index is 863. The lowest BCUT2D eigenvalue weighted by Crippen LogP contribution is -2.32. The van der Waals surface area contributed by atoms with Crippen molar-refractivity contribution in [3.05, 3.63) is 57.6 Å². The van der Waals surface area contributed by atoms with Gasteiger partial charge in [0.1, 0.15) is 24.0 Å². The average Bonchev–Trinajstić information content (AvgIpc) is 2.66. The van der Waals surface area contributed by atoms with Crippen molar-refractivity contribution >= 4 is 23.2 Å². The number of aliphatic hydroxyl groups is 1. The summed E-state index contributed by atoms with van der Waals surface area (Å²) in [6, 6.07) is 11.1. The van der Waals surface area contributed by atoms with E-state index in [9.17, 15) is 10.4 Å². The summed E-state index contributed by atoms with van der Waals surface area (Å²) in [5, 5.41) is 21.3. The largest absolute Gasteiger partial charge is 0.497 e. The number of hydrogen-bond donors (Lipinski definition) is 1. The van der Waals surface area contributed by atoms with E-state index in [1.54, 1.807) is 19.2 Å². The minimum absolute atomic E-state index is 0.252. The summed E-state index contributed by atoms with van der Waals surface area (Å²) in [4.78, 5) is 0. The molecule has 0 amide bonds. The van der Waals surface area contributed by atoms with E-state index in [1.165, 1.54) is 0 Å². The Hall–Kier alpha value is -1.93. The van der Waals surface area contributed by atoms with Crippen LogP contribution in [0.1, 0.15) is 35.1 Å². The molecule has 2 aromatic rings. The summed E-state index contributed by atoms with van der Waals surface area (Å²) >= 11 is 12.0. The van der Waals surface area contributed by atoms with Crippen LogP contribution < -0.4 is 9.47 Å². The van der Waals surface area contributed by atoms with Crippen LogP contribution in [-0.2, 0) is 12.0 Å². The van der Waals surface area contributed by atoms with Gasteiger partial charge in [-0.25, -0.2) is 0 Å². The lowest BCUT2D eigenvalue weighted by atomic mass is 9.74. The Morgan fingerprint density at radius 3 is 2.81 bits per heavy atom. The summed E-state index contributed by atoms with van der Waals surface area (Å²) < 4.78 is 10.8. The molecule has 0 aromatic heterocycles. The maximum Gasteiger partial charge on any atom is 0.155 e. The molecule has 3 rings (SSSR count). The molecule has 136 valence electrons. The van der Waals surface area contributed by atoms with Gasteiger partial charge in [0, 0.05) is 0 Å². The third kappa shape index (κ3) is 3.35. The number of hydrogen-bond acceptors (Lipinski definition) is 4. The molecule has 1 aliphatic carbocycles. The predicted octanol–water partition coefficient (Wildman–Crippen LogP) is 4.41. The van der Waals surface area contributed by atoms with Gasteiger partial charge in [-0.1, -0.05) is 17.7 Å². The third-order valence-electron chi connectivity index (χ3n) is 4.71. The molecule has 1 atom stereocenters. The zero-order valence-electron chi connectivity index (χ0n) is 14.4. The first-order chi connectivity index (χ1) is 12.5. The van der Waals surface area contributed by atoms with Crippen LogP contribution in [0, 0.1) is 11.3 Å².